The van der Waals surface area contributed by atoms with Gasteiger partial charge >= 0.3 is 6.03 Å². The van der Waals surface area contributed by atoms with Gasteiger partial charge < -0.3 is 15.5 Å². The Morgan fingerprint density at radius 3 is 2.18 bits per heavy atom. The van der Waals surface area contributed by atoms with E-state index < -0.39 is 0 Å². The molecule has 1 saturated heterocycles. The topological polar surface area (TPSA) is 44.4 Å². The first kappa shape index (κ1) is 12.7. The molecule has 0 atom stereocenters. The fourth-order valence-electron chi connectivity index (χ4n) is 2.58. The zero-order valence-electron chi connectivity index (χ0n) is 10.9. The molecule has 1 heterocycles. The lowest BCUT2D eigenvalue weighted by Gasteiger charge is -2.33. The van der Waals surface area contributed by atoms with Crippen LogP contribution in [0.15, 0.2) is 0 Å². The number of nitrogens with one attached hydrogen (secondary N) is 2. The average molecular weight is 239 g/mol. The second-order valence-electron chi connectivity index (χ2n) is 5.36. The van der Waals surface area contributed by atoms with Crippen LogP contribution in [0.3, 0.4) is 0 Å². The third kappa shape index (κ3) is 3.87. The van der Waals surface area contributed by atoms with Gasteiger partial charge in [0.2, 0.25) is 0 Å². The van der Waals surface area contributed by atoms with Crippen LogP contribution in [-0.4, -0.2) is 42.6 Å². The maximum absolute atomic E-state index is 11.7. The van der Waals surface area contributed by atoms with E-state index in [9.17, 15) is 4.79 Å². The van der Waals surface area contributed by atoms with Gasteiger partial charge in [-0.2, -0.15) is 0 Å². The Morgan fingerprint density at radius 1 is 1.12 bits per heavy atom. The highest BCUT2D eigenvalue weighted by molar-refractivity contribution is 5.74. The number of amides is 2. The Bertz CT molecular complexity index is 245. The van der Waals surface area contributed by atoms with Crippen molar-refractivity contribution in [1.29, 1.82) is 0 Å². The zero-order chi connectivity index (χ0) is 12.1. The van der Waals surface area contributed by atoms with Gasteiger partial charge in [0.1, 0.15) is 0 Å². The van der Waals surface area contributed by atoms with Gasteiger partial charge in [-0.25, -0.2) is 4.79 Å². The summed E-state index contributed by atoms with van der Waals surface area (Å²) in [5, 5.41) is 6.14. The van der Waals surface area contributed by atoms with Crippen LogP contribution in [0.1, 0.15) is 45.4 Å². The summed E-state index contributed by atoms with van der Waals surface area (Å²) >= 11 is 0. The summed E-state index contributed by atoms with van der Waals surface area (Å²) < 4.78 is 0. The standard InChI is InChI=1S/C13H25N3O/c1-2-8-16-9-6-12(7-10-16)15-13(17)14-11-4-3-5-11/h11-12H,2-10H2,1H3,(H2,14,15,17). The lowest BCUT2D eigenvalue weighted by molar-refractivity contribution is 0.188. The smallest absolute Gasteiger partial charge is 0.315 e. The van der Waals surface area contributed by atoms with Crippen molar-refractivity contribution in [3.05, 3.63) is 0 Å². The number of piperidine rings is 1. The number of carbonyl (C=O) groups excluding carboxylic acids is 1. The first-order chi connectivity index (χ1) is 8.28. The van der Waals surface area contributed by atoms with Crippen LogP contribution in [0.25, 0.3) is 0 Å². The minimum absolute atomic E-state index is 0.0450. The molecular weight excluding hydrogens is 214 g/mol. The Balaban J connectivity index is 1.61. The van der Waals surface area contributed by atoms with Crippen LogP contribution in [0.2, 0.25) is 0 Å². The Kier molecular flexibility index (Phi) is 4.66. The number of likely N-dealkylation sites (tertiary alicyclic amines) is 1. The van der Waals surface area contributed by atoms with E-state index in [4.69, 9.17) is 0 Å². The molecule has 1 saturated carbocycles. The molecular formula is C13H25N3O. The van der Waals surface area contributed by atoms with Gasteiger partial charge in [-0.15, -0.1) is 0 Å². The van der Waals surface area contributed by atoms with Gasteiger partial charge in [-0.3, -0.25) is 0 Å². The quantitative estimate of drug-likeness (QED) is 0.784. The molecule has 0 radical (unpaired) electrons. The van der Waals surface area contributed by atoms with Gasteiger partial charge in [0.25, 0.3) is 0 Å². The van der Waals surface area contributed by atoms with Gasteiger partial charge in [0.15, 0.2) is 0 Å². The maximum atomic E-state index is 11.7. The molecule has 98 valence electrons. The summed E-state index contributed by atoms with van der Waals surface area (Å²) in [6, 6.07) is 0.863. The fourth-order valence-corrected chi connectivity index (χ4v) is 2.58. The number of urea groups is 1. The molecule has 2 aliphatic rings. The van der Waals surface area contributed by atoms with Crippen LogP contribution < -0.4 is 10.6 Å². The van der Waals surface area contributed by atoms with Gasteiger partial charge in [0, 0.05) is 25.2 Å². The zero-order valence-corrected chi connectivity index (χ0v) is 10.9. The van der Waals surface area contributed by atoms with Crippen LogP contribution in [0.5, 0.6) is 0 Å². The number of hydrogen-bond acceptors (Lipinski definition) is 2. The summed E-state index contributed by atoms with van der Waals surface area (Å²) in [6.07, 6.45) is 6.99. The molecule has 0 aromatic rings. The number of nitrogens with zero attached hydrogens (tertiary/aromatic N) is 1. The van der Waals surface area contributed by atoms with E-state index in [-0.39, 0.29) is 6.03 Å². The van der Waals surface area contributed by atoms with Crippen molar-refractivity contribution in [2.24, 2.45) is 0 Å². The van der Waals surface area contributed by atoms with Crippen LogP contribution in [-0.2, 0) is 0 Å². The third-order valence-corrected chi connectivity index (χ3v) is 3.90. The van der Waals surface area contributed by atoms with Crippen LogP contribution in [0, 0.1) is 0 Å². The van der Waals surface area contributed by atoms with Crippen molar-refractivity contribution in [1.82, 2.24) is 15.5 Å². The normalized spacial score (nSPS) is 23.1. The van der Waals surface area contributed by atoms with Crippen molar-refractivity contribution in [3.8, 4) is 0 Å². The molecule has 4 heteroatoms. The largest absolute Gasteiger partial charge is 0.335 e. The van der Waals surface area contributed by atoms with Crippen molar-refractivity contribution in [3.63, 3.8) is 0 Å². The van der Waals surface area contributed by atoms with E-state index in [1.165, 1.54) is 19.4 Å². The molecule has 0 aromatic heterocycles. The van der Waals surface area contributed by atoms with Crippen molar-refractivity contribution < 1.29 is 4.79 Å². The van der Waals surface area contributed by atoms with E-state index in [2.05, 4.69) is 22.5 Å². The van der Waals surface area contributed by atoms with Crippen LogP contribution in [0.4, 0.5) is 4.79 Å². The molecule has 0 spiro atoms. The summed E-state index contributed by atoms with van der Waals surface area (Å²) in [7, 11) is 0. The molecule has 4 nitrogen and oxygen atoms in total. The Hall–Kier alpha value is -0.770. The fraction of sp³-hybridized carbons (Fsp3) is 0.923. The second kappa shape index (κ2) is 6.24. The van der Waals surface area contributed by atoms with Gasteiger partial charge in [-0.05, 0) is 45.1 Å². The van der Waals surface area contributed by atoms with E-state index in [0.717, 1.165) is 38.8 Å². The third-order valence-electron chi connectivity index (χ3n) is 3.90. The first-order valence-electron chi connectivity index (χ1n) is 7.07. The predicted molar refractivity (Wildman–Crippen MR) is 69.1 cm³/mol. The van der Waals surface area contributed by atoms with Crippen molar-refractivity contribution in [2.75, 3.05) is 19.6 Å². The molecule has 1 aliphatic carbocycles. The monoisotopic (exact) mass is 239 g/mol. The van der Waals surface area contributed by atoms with Crippen molar-refractivity contribution >= 4 is 6.03 Å². The number of carbonyl (C=O) groups is 1. The van der Waals surface area contributed by atoms with Crippen LogP contribution >= 0.6 is 0 Å². The lowest BCUT2D eigenvalue weighted by Crippen LogP contribution is -2.51. The van der Waals surface area contributed by atoms with Crippen molar-refractivity contribution in [2.45, 2.75) is 57.5 Å². The van der Waals surface area contributed by atoms with Gasteiger partial charge in [-0.1, -0.05) is 6.92 Å². The van der Waals surface area contributed by atoms with Gasteiger partial charge in [0.05, 0.1) is 0 Å². The summed E-state index contributed by atoms with van der Waals surface area (Å²) in [4.78, 5) is 14.2. The molecule has 2 amide bonds. The molecule has 0 bridgehead atoms. The van der Waals surface area contributed by atoms with E-state index >= 15 is 0 Å². The molecule has 2 N–H and O–H groups in total. The minimum Gasteiger partial charge on any atom is -0.335 e. The Labute approximate surface area is 104 Å². The van der Waals surface area contributed by atoms with E-state index in [1.54, 1.807) is 0 Å². The molecule has 0 unspecified atom stereocenters. The predicted octanol–water partition coefficient (Wildman–Crippen LogP) is 1.71. The highest BCUT2D eigenvalue weighted by Crippen LogP contribution is 2.18. The molecule has 2 fully saturated rings. The van der Waals surface area contributed by atoms with E-state index in [1.807, 2.05) is 0 Å². The Morgan fingerprint density at radius 2 is 1.71 bits per heavy atom. The maximum Gasteiger partial charge on any atom is 0.315 e. The molecule has 1 aliphatic heterocycles. The first-order valence-corrected chi connectivity index (χ1v) is 7.07. The summed E-state index contributed by atoms with van der Waals surface area (Å²) in [6.45, 7) is 5.67. The number of rotatable bonds is 4. The molecule has 0 aromatic carbocycles. The lowest BCUT2D eigenvalue weighted by atomic mass is 9.93. The average Bonchev–Trinajstić information content (AvgIpc) is 2.27. The number of hydrogen-bond donors (Lipinski definition) is 2. The minimum atomic E-state index is 0.0450. The highest BCUT2D eigenvalue weighted by atomic mass is 16.2. The summed E-state index contributed by atoms with van der Waals surface area (Å²) in [5.74, 6) is 0. The highest BCUT2D eigenvalue weighted by Gasteiger charge is 2.23. The SMILES string of the molecule is CCCN1CCC(NC(=O)NC2CCC2)CC1. The van der Waals surface area contributed by atoms with E-state index in [0.29, 0.717) is 12.1 Å². The second-order valence-corrected chi connectivity index (χ2v) is 5.36. The molecule has 2 rings (SSSR count). The summed E-state index contributed by atoms with van der Waals surface area (Å²) in [5.41, 5.74) is 0. The molecule has 17 heavy (non-hydrogen) atoms.